The van der Waals surface area contributed by atoms with Crippen LogP contribution in [0.15, 0.2) is 18.3 Å². The fourth-order valence-corrected chi connectivity index (χ4v) is 2.71. The van der Waals surface area contributed by atoms with Gasteiger partial charge in [0.1, 0.15) is 0 Å². The first-order chi connectivity index (χ1) is 9.13. The monoisotopic (exact) mass is 265 g/mol. The van der Waals surface area contributed by atoms with Crippen molar-refractivity contribution in [2.45, 2.75) is 44.1 Å². The topological polar surface area (TPSA) is 54.0 Å². The lowest BCUT2D eigenvalue weighted by Gasteiger charge is -2.36. The van der Waals surface area contributed by atoms with Crippen LogP contribution in [0, 0.1) is 5.95 Å². The molecule has 1 aliphatic carbocycles. The predicted octanol–water partition coefficient (Wildman–Crippen LogP) is 2.47. The van der Waals surface area contributed by atoms with E-state index in [0.717, 1.165) is 25.7 Å². The molecule has 0 radical (unpaired) electrons. The first-order valence-electron chi connectivity index (χ1n) is 6.74. The number of anilines is 1. The zero-order valence-corrected chi connectivity index (χ0v) is 11.2. The molecule has 0 aliphatic heterocycles. The summed E-state index contributed by atoms with van der Waals surface area (Å²) in [6.45, 7) is 0. The van der Waals surface area contributed by atoms with Crippen molar-refractivity contribution in [3.8, 4) is 0 Å². The van der Waals surface area contributed by atoms with Gasteiger partial charge in [0, 0.05) is 12.0 Å². The highest BCUT2D eigenvalue weighted by Crippen LogP contribution is 2.30. The third-order valence-corrected chi connectivity index (χ3v) is 3.85. The maximum absolute atomic E-state index is 12.7. The lowest BCUT2D eigenvalue weighted by Crippen LogP contribution is -2.47. The number of nitrogens with one attached hydrogen (secondary N) is 2. The SMILES string of the molecule is CNC1(CC(=O)Nc2ccc(F)nc2)CCCCC1. The van der Waals surface area contributed by atoms with Gasteiger partial charge in [-0.25, -0.2) is 4.98 Å². The normalized spacial score (nSPS) is 18.0. The molecule has 0 aromatic carbocycles. The number of carbonyl (C=O) groups is 1. The number of hydrogen-bond acceptors (Lipinski definition) is 3. The second kappa shape index (κ2) is 6.10. The van der Waals surface area contributed by atoms with Crippen molar-refractivity contribution in [1.82, 2.24) is 10.3 Å². The van der Waals surface area contributed by atoms with Crippen molar-refractivity contribution in [3.05, 3.63) is 24.3 Å². The van der Waals surface area contributed by atoms with Gasteiger partial charge in [-0.05, 0) is 32.0 Å². The van der Waals surface area contributed by atoms with E-state index in [-0.39, 0.29) is 11.4 Å². The molecule has 1 saturated carbocycles. The minimum absolute atomic E-state index is 0.0512. The van der Waals surface area contributed by atoms with E-state index in [1.165, 1.54) is 24.8 Å². The van der Waals surface area contributed by atoms with Crippen LogP contribution in [0.1, 0.15) is 38.5 Å². The van der Waals surface area contributed by atoms with Gasteiger partial charge < -0.3 is 10.6 Å². The van der Waals surface area contributed by atoms with Gasteiger partial charge in [0.05, 0.1) is 11.9 Å². The molecule has 0 bridgehead atoms. The van der Waals surface area contributed by atoms with Crippen molar-refractivity contribution in [3.63, 3.8) is 0 Å². The van der Waals surface area contributed by atoms with Crippen LogP contribution in [0.25, 0.3) is 0 Å². The molecule has 1 amide bonds. The molecule has 5 heteroatoms. The van der Waals surface area contributed by atoms with Gasteiger partial charge in [-0.2, -0.15) is 4.39 Å². The van der Waals surface area contributed by atoms with E-state index in [0.29, 0.717) is 12.1 Å². The Balaban J connectivity index is 1.94. The van der Waals surface area contributed by atoms with Gasteiger partial charge in [-0.3, -0.25) is 4.79 Å². The molecule has 0 saturated heterocycles. The van der Waals surface area contributed by atoms with Crippen LogP contribution < -0.4 is 10.6 Å². The molecule has 1 fully saturated rings. The van der Waals surface area contributed by atoms with Crippen molar-refractivity contribution < 1.29 is 9.18 Å². The molecule has 1 aromatic rings. The van der Waals surface area contributed by atoms with Crippen LogP contribution in [-0.2, 0) is 4.79 Å². The zero-order chi connectivity index (χ0) is 13.7. The maximum atomic E-state index is 12.7. The Kier molecular flexibility index (Phi) is 4.47. The molecule has 2 N–H and O–H groups in total. The minimum atomic E-state index is -0.544. The number of aromatic nitrogens is 1. The van der Waals surface area contributed by atoms with Gasteiger partial charge in [0.25, 0.3) is 0 Å². The molecule has 19 heavy (non-hydrogen) atoms. The van der Waals surface area contributed by atoms with Crippen LogP contribution in [0.2, 0.25) is 0 Å². The molecule has 1 aliphatic rings. The molecular weight excluding hydrogens is 245 g/mol. The number of carbonyl (C=O) groups excluding carboxylic acids is 1. The average Bonchev–Trinajstić information content (AvgIpc) is 2.42. The van der Waals surface area contributed by atoms with Gasteiger partial charge in [-0.1, -0.05) is 19.3 Å². The molecule has 1 heterocycles. The molecule has 0 spiro atoms. The van der Waals surface area contributed by atoms with E-state index in [2.05, 4.69) is 15.6 Å². The van der Waals surface area contributed by atoms with E-state index >= 15 is 0 Å². The largest absolute Gasteiger partial charge is 0.325 e. The molecular formula is C14H20FN3O. The van der Waals surface area contributed by atoms with Crippen molar-refractivity contribution in [2.24, 2.45) is 0 Å². The van der Waals surface area contributed by atoms with Gasteiger partial charge >= 0.3 is 0 Å². The second-order valence-electron chi connectivity index (χ2n) is 5.19. The summed E-state index contributed by atoms with van der Waals surface area (Å²) in [7, 11) is 1.91. The Morgan fingerprint density at radius 1 is 1.37 bits per heavy atom. The van der Waals surface area contributed by atoms with Crippen molar-refractivity contribution in [1.29, 1.82) is 0 Å². The summed E-state index contributed by atoms with van der Waals surface area (Å²) in [4.78, 5) is 15.6. The summed E-state index contributed by atoms with van der Waals surface area (Å²) in [6.07, 6.45) is 7.39. The summed E-state index contributed by atoms with van der Waals surface area (Å²) >= 11 is 0. The van der Waals surface area contributed by atoms with E-state index < -0.39 is 5.95 Å². The van der Waals surface area contributed by atoms with E-state index in [1.807, 2.05) is 7.05 Å². The van der Waals surface area contributed by atoms with Crippen molar-refractivity contribution in [2.75, 3.05) is 12.4 Å². The van der Waals surface area contributed by atoms with Gasteiger partial charge in [0.2, 0.25) is 11.9 Å². The number of hydrogen-bond donors (Lipinski definition) is 2. The first kappa shape index (κ1) is 13.9. The number of pyridine rings is 1. The predicted molar refractivity (Wildman–Crippen MR) is 72.3 cm³/mol. The highest BCUT2D eigenvalue weighted by Gasteiger charge is 2.32. The lowest BCUT2D eigenvalue weighted by atomic mass is 9.79. The molecule has 4 nitrogen and oxygen atoms in total. The van der Waals surface area contributed by atoms with E-state index in [9.17, 15) is 9.18 Å². The Bertz CT molecular complexity index is 427. The summed E-state index contributed by atoms with van der Waals surface area (Å²) < 4.78 is 12.7. The van der Waals surface area contributed by atoms with E-state index in [1.54, 1.807) is 0 Å². The van der Waals surface area contributed by atoms with Crippen LogP contribution in [0.3, 0.4) is 0 Å². The van der Waals surface area contributed by atoms with Gasteiger partial charge in [0.15, 0.2) is 0 Å². The fraction of sp³-hybridized carbons (Fsp3) is 0.571. The van der Waals surface area contributed by atoms with Crippen LogP contribution in [-0.4, -0.2) is 23.5 Å². The fourth-order valence-electron chi connectivity index (χ4n) is 2.71. The number of amides is 1. The highest BCUT2D eigenvalue weighted by molar-refractivity contribution is 5.91. The molecule has 2 rings (SSSR count). The number of rotatable bonds is 4. The summed E-state index contributed by atoms with van der Waals surface area (Å²) in [5.74, 6) is -0.596. The molecule has 104 valence electrons. The summed E-state index contributed by atoms with van der Waals surface area (Å²) in [5.41, 5.74) is 0.448. The molecule has 1 aromatic heterocycles. The van der Waals surface area contributed by atoms with Gasteiger partial charge in [-0.15, -0.1) is 0 Å². The number of halogens is 1. The van der Waals surface area contributed by atoms with Crippen LogP contribution in [0.5, 0.6) is 0 Å². The Morgan fingerprint density at radius 2 is 2.11 bits per heavy atom. The highest BCUT2D eigenvalue weighted by atomic mass is 19.1. The lowest BCUT2D eigenvalue weighted by molar-refractivity contribution is -0.117. The molecule has 0 atom stereocenters. The Labute approximate surface area is 112 Å². The number of nitrogens with zero attached hydrogens (tertiary/aromatic N) is 1. The van der Waals surface area contributed by atoms with E-state index in [4.69, 9.17) is 0 Å². The average molecular weight is 265 g/mol. The minimum Gasteiger partial charge on any atom is -0.325 e. The summed E-state index contributed by atoms with van der Waals surface area (Å²) in [6, 6.07) is 2.76. The quantitative estimate of drug-likeness (QED) is 0.822. The first-order valence-corrected chi connectivity index (χ1v) is 6.74. The molecule has 0 unspecified atom stereocenters. The Morgan fingerprint density at radius 3 is 2.68 bits per heavy atom. The second-order valence-corrected chi connectivity index (χ2v) is 5.19. The maximum Gasteiger partial charge on any atom is 0.226 e. The Hall–Kier alpha value is -1.49. The van der Waals surface area contributed by atoms with Crippen LogP contribution in [0.4, 0.5) is 10.1 Å². The van der Waals surface area contributed by atoms with Crippen molar-refractivity contribution >= 4 is 11.6 Å². The third kappa shape index (κ3) is 3.73. The zero-order valence-electron chi connectivity index (χ0n) is 11.2. The summed E-state index contributed by atoms with van der Waals surface area (Å²) in [5, 5.41) is 6.07. The van der Waals surface area contributed by atoms with Crippen LogP contribution >= 0.6 is 0 Å². The smallest absolute Gasteiger partial charge is 0.226 e. The standard InChI is InChI=1S/C14H20FN3O/c1-16-14(7-3-2-4-8-14)9-13(19)18-11-5-6-12(15)17-10-11/h5-6,10,16H,2-4,7-9H2,1H3,(H,18,19). The third-order valence-electron chi connectivity index (χ3n) is 3.85.